The first-order valence-electron chi connectivity index (χ1n) is 6.41. The average Bonchev–Trinajstić information content (AvgIpc) is 2.47. The van der Waals surface area contributed by atoms with Gasteiger partial charge in [-0.25, -0.2) is 4.39 Å². The molecule has 0 aliphatic heterocycles. The zero-order valence-electron chi connectivity index (χ0n) is 11.2. The van der Waals surface area contributed by atoms with Gasteiger partial charge in [-0.05, 0) is 36.4 Å². The van der Waals surface area contributed by atoms with Gasteiger partial charge in [0.2, 0.25) is 0 Å². The second-order valence-electron chi connectivity index (χ2n) is 4.30. The van der Waals surface area contributed by atoms with Crippen molar-refractivity contribution in [2.75, 3.05) is 6.54 Å². The number of nitrogens with zero attached hydrogens (tertiary/aromatic N) is 1. The van der Waals surface area contributed by atoms with Crippen molar-refractivity contribution in [1.29, 1.82) is 0 Å². The second-order valence-corrected chi connectivity index (χ2v) is 4.71. The van der Waals surface area contributed by atoms with Gasteiger partial charge in [-0.15, -0.1) is 0 Å². The molecule has 0 aliphatic rings. The van der Waals surface area contributed by atoms with E-state index in [0.717, 1.165) is 24.3 Å². The highest BCUT2D eigenvalue weighted by molar-refractivity contribution is 6.30. The van der Waals surface area contributed by atoms with Crippen LogP contribution in [-0.2, 0) is 13.2 Å². The van der Waals surface area contributed by atoms with E-state index in [0.29, 0.717) is 5.75 Å². The quantitative estimate of drug-likeness (QED) is 0.884. The second kappa shape index (κ2) is 7.22. The fraction of sp³-hybridized carbons (Fsp3) is 0.267. The smallest absolute Gasteiger partial charge is 0.142 e. The molecule has 0 bridgehead atoms. The van der Waals surface area contributed by atoms with E-state index in [2.05, 4.69) is 10.3 Å². The first kappa shape index (κ1) is 14.8. The van der Waals surface area contributed by atoms with Crippen LogP contribution in [-0.4, -0.2) is 11.5 Å². The molecular weight excluding hydrogens is 279 g/mol. The number of pyridine rings is 1. The molecule has 20 heavy (non-hydrogen) atoms. The largest absolute Gasteiger partial charge is 0.487 e. The zero-order chi connectivity index (χ0) is 14.4. The Kier molecular flexibility index (Phi) is 5.32. The number of ether oxygens (including phenoxy) is 1. The molecule has 3 nitrogen and oxygen atoms in total. The van der Waals surface area contributed by atoms with Crippen molar-refractivity contribution in [3.8, 4) is 5.75 Å². The van der Waals surface area contributed by atoms with E-state index in [1.54, 1.807) is 12.3 Å². The van der Waals surface area contributed by atoms with Gasteiger partial charge in [0.1, 0.15) is 18.2 Å². The summed E-state index contributed by atoms with van der Waals surface area (Å²) in [6.07, 6.45) is 1.67. The lowest BCUT2D eigenvalue weighted by molar-refractivity contribution is 0.304. The third-order valence-corrected chi connectivity index (χ3v) is 3.05. The van der Waals surface area contributed by atoms with Crippen molar-refractivity contribution >= 4 is 11.6 Å². The van der Waals surface area contributed by atoms with E-state index in [9.17, 15) is 4.39 Å². The molecule has 1 N–H and O–H groups in total. The maximum atomic E-state index is 13.3. The van der Waals surface area contributed by atoms with Crippen LogP contribution in [0.25, 0.3) is 0 Å². The molecule has 2 aromatic rings. The Bertz CT molecular complexity index is 560. The maximum absolute atomic E-state index is 13.3. The predicted octanol–water partition coefficient (Wildman–Crippen LogP) is 3.56. The molecule has 0 spiro atoms. The van der Waals surface area contributed by atoms with Gasteiger partial charge in [-0.3, -0.25) is 4.98 Å². The highest BCUT2D eigenvalue weighted by Crippen LogP contribution is 2.17. The van der Waals surface area contributed by atoms with E-state index in [4.69, 9.17) is 16.3 Å². The third-order valence-electron chi connectivity index (χ3n) is 2.74. The highest BCUT2D eigenvalue weighted by atomic mass is 35.5. The van der Waals surface area contributed by atoms with Crippen LogP contribution >= 0.6 is 11.6 Å². The lowest BCUT2D eigenvalue weighted by Gasteiger charge is -2.07. The summed E-state index contributed by atoms with van der Waals surface area (Å²) >= 11 is 5.63. The number of hydrogen-bond acceptors (Lipinski definition) is 3. The fourth-order valence-electron chi connectivity index (χ4n) is 1.65. The Morgan fingerprint density at radius 1 is 1.30 bits per heavy atom. The molecule has 0 aliphatic carbocycles. The van der Waals surface area contributed by atoms with Gasteiger partial charge in [0.15, 0.2) is 0 Å². The summed E-state index contributed by atoms with van der Waals surface area (Å²) in [7, 11) is 0. The molecule has 1 heterocycles. The Balaban J connectivity index is 1.91. The zero-order valence-corrected chi connectivity index (χ0v) is 12.0. The predicted molar refractivity (Wildman–Crippen MR) is 77.4 cm³/mol. The molecular formula is C15H16ClFN2O. The summed E-state index contributed by atoms with van der Waals surface area (Å²) < 4.78 is 18.8. The van der Waals surface area contributed by atoms with E-state index >= 15 is 0 Å². The van der Waals surface area contributed by atoms with Crippen LogP contribution in [0.4, 0.5) is 4.39 Å². The van der Waals surface area contributed by atoms with Crippen molar-refractivity contribution < 1.29 is 9.13 Å². The molecule has 5 heteroatoms. The molecule has 2 rings (SSSR count). The molecule has 0 radical (unpaired) electrons. The molecule has 0 amide bonds. The standard InChI is InChI=1S/C15H16ClFN2O/c1-2-18-8-12-4-5-13(9-19-12)20-10-11-3-6-14(16)15(17)7-11/h3-7,9,18H,2,8,10H2,1H3. The molecule has 0 fully saturated rings. The van der Waals surface area contributed by atoms with Crippen LogP contribution in [0.2, 0.25) is 5.02 Å². The molecule has 1 aromatic carbocycles. The van der Waals surface area contributed by atoms with E-state index in [1.165, 1.54) is 12.1 Å². The number of nitrogens with one attached hydrogen (secondary N) is 1. The maximum Gasteiger partial charge on any atom is 0.142 e. The molecule has 1 aromatic heterocycles. The summed E-state index contributed by atoms with van der Waals surface area (Å²) in [5.41, 5.74) is 1.68. The lowest BCUT2D eigenvalue weighted by Crippen LogP contribution is -2.12. The Morgan fingerprint density at radius 3 is 2.80 bits per heavy atom. The van der Waals surface area contributed by atoms with E-state index in [1.807, 2.05) is 19.1 Å². The molecule has 0 atom stereocenters. The number of aromatic nitrogens is 1. The minimum atomic E-state index is -0.438. The highest BCUT2D eigenvalue weighted by Gasteiger charge is 2.02. The van der Waals surface area contributed by atoms with Crippen LogP contribution in [0, 0.1) is 5.82 Å². The Labute approximate surface area is 122 Å². The normalized spacial score (nSPS) is 10.6. The average molecular weight is 295 g/mol. The van der Waals surface area contributed by atoms with Crippen molar-refractivity contribution in [3.63, 3.8) is 0 Å². The summed E-state index contributed by atoms with van der Waals surface area (Å²) in [6, 6.07) is 8.38. The van der Waals surface area contributed by atoms with Crippen molar-refractivity contribution in [2.24, 2.45) is 0 Å². The fourth-order valence-corrected chi connectivity index (χ4v) is 1.77. The van der Waals surface area contributed by atoms with Crippen LogP contribution in [0.1, 0.15) is 18.2 Å². The first-order valence-corrected chi connectivity index (χ1v) is 6.79. The van der Waals surface area contributed by atoms with Crippen LogP contribution < -0.4 is 10.1 Å². The van der Waals surface area contributed by atoms with Gasteiger partial charge >= 0.3 is 0 Å². The minimum absolute atomic E-state index is 0.114. The molecule has 0 saturated heterocycles. The number of rotatable bonds is 6. The molecule has 106 valence electrons. The summed E-state index contributed by atoms with van der Waals surface area (Å²) in [4.78, 5) is 4.28. The van der Waals surface area contributed by atoms with Crippen molar-refractivity contribution in [1.82, 2.24) is 10.3 Å². The molecule has 0 saturated carbocycles. The SMILES string of the molecule is CCNCc1ccc(OCc2ccc(Cl)c(F)c2)cn1. The lowest BCUT2D eigenvalue weighted by atomic mass is 10.2. The monoisotopic (exact) mass is 294 g/mol. The van der Waals surface area contributed by atoms with Gasteiger partial charge in [0, 0.05) is 6.54 Å². The van der Waals surface area contributed by atoms with Crippen LogP contribution in [0.3, 0.4) is 0 Å². The number of benzene rings is 1. The summed E-state index contributed by atoms with van der Waals surface area (Å²) in [6.45, 7) is 3.96. The van der Waals surface area contributed by atoms with Crippen LogP contribution in [0.5, 0.6) is 5.75 Å². The van der Waals surface area contributed by atoms with E-state index in [-0.39, 0.29) is 11.6 Å². The molecule has 0 unspecified atom stereocenters. The van der Waals surface area contributed by atoms with Crippen molar-refractivity contribution in [2.45, 2.75) is 20.1 Å². The summed E-state index contributed by atoms with van der Waals surface area (Å²) in [5.74, 6) is 0.215. The number of hydrogen-bond donors (Lipinski definition) is 1. The van der Waals surface area contributed by atoms with Gasteiger partial charge in [-0.2, -0.15) is 0 Å². The number of halogens is 2. The van der Waals surface area contributed by atoms with Gasteiger partial charge in [0.25, 0.3) is 0 Å². The van der Waals surface area contributed by atoms with Crippen molar-refractivity contribution in [3.05, 3.63) is 58.6 Å². The Hall–Kier alpha value is -1.65. The third kappa shape index (κ3) is 4.18. The summed E-state index contributed by atoms with van der Waals surface area (Å²) in [5, 5.41) is 3.31. The van der Waals surface area contributed by atoms with Gasteiger partial charge in [-0.1, -0.05) is 24.6 Å². The van der Waals surface area contributed by atoms with Gasteiger partial charge in [0.05, 0.1) is 16.9 Å². The minimum Gasteiger partial charge on any atom is -0.487 e. The topological polar surface area (TPSA) is 34.1 Å². The first-order chi connectivity index (χ1) is 9.69. The van der Waals surface area contributed by atoms with E-state index < -0.39 is 5.82 Å². The van der Waals surface area contributed by atoms with Crippen LogP contribution in [0.15, 0.2) is 36.5 Å². The van der Waals surface area contributed by atoms with Gasteiger partial charge < -0.3 is 10.1 Å². The Morgan fingerprint density at radius 2 is 2.15 bits per heavy atom.